The van der Waals surface area contributed by atoms with Crippen molar-refractivity contribution in [1.29, 1.82) is 0 Å². The zero-order chi connectivity index (χ0) is 16.7. The summed E-state index contributed by atoms with van der Waals surface area (Å²) in [5.74, 6) is 0.459. The number of nitrogens with zero attached hydrogens (tertiary/aromatic N) is 1. The van der Waals surface area contributed by atoms with E-state index in [4.69, 9.17) is 4.52 Å². The molecular formula is C18H25N3O2. The minimum atomic E-state index is -0.219. The lowest BCUT2D eigenvalue weighted by Gasteiger charge is -2.12. The first-order chi connectivity index (χ1) is 11.1. The number of amides is 1. The van der Waals surface area contributed by atoms with Crippen molar-refractivity contribution < 1.29 is 9.32 Å². The lowest BCUT2D eigenvalue weighted by molar-refractivity contribution is 0.0941. The number of hydrogen-bond acceptors (Lipinski definition) is 4. The van der Waals surface area contributed by atoms with Crippen LogP contribution >= 0.6 is 0 Å². The van der Waals surface area contributed by atoms with E-state index >= 15 is 0 Å². The Morgan fingerprint density at radius 1 is 1.17 bits per heavy atom. The number of aryl methyl sites for hydroxylation is 1. The van der Waals surface area contributed by atoms with Crippen molar-refractivity contribution in [2.45, 2.75) is 52.7 Å². The predicted octanol–water partition coefficient (Wildman–Crippen LogP) is 3.19. The average Bonchev–Trinajstić information content (AvgIpc) is 3.04. The van der Waals surface area contributed by atoms with Crippen LogP contribution in [-0.4, -0.2) is 17.1 Å². The van der Waals surface area contributed by atoms with E-state index in [1.165, 1.54) is 5.56 Å². The van der Waals surface area contributed by atoms with E-state index in [9.17, 15) is 4.79 Å². The quantitative estimate of drug-likeness (QED) is 0.785. The third kappa shape index (κ3) is 5.21. The van der Waals surface area contributed by atoms with Gasteiger partial charge in [0.1, 0.15) is 0 Å². The smallest absolute Gasteiger partial charge is 0.273 e. The van der Waals surface area contributed by atoms with E-state index < -0.39 is 0 Å². The van der Waals surface area contributed by atoms with Crippen molar-refractivity contribution in [2.24, 2.45) is 0 Å². The van der Waals surface area contributed by atoms with Crippen molar-refractivity contribution in [3.63, 3.8) is 0 Å². The van der Waals surface area contributed by atoms with Crippen molar-refractivity contribution in [2.75, 3.05) is 0 Å². The van der Waals surface area contributed by atoms with E-state index in [0.29, 0.717) is 30.6 Å². The summed E-state index contributed by atoms with van der Waals surface area (Å²) in [6, 6.07) is 10.2. The molecule has 1 heterocycles. The van der Waals surface area contributed by atoms with Gasteiger partial charge in [0.15, 0.2) is 11.5 Å². The highest BCUT2D eigenvalue weighted by Gasteiger charge is 2.13. The fraction of sp³-hybridized carbons (Fsp3) is 0.444. The zero-order valence-corrected chi connectivity index (χ0v) is 14.1. The van der Waals surface area contributed by atoms with Crippen molar-refractivity contribution in [1.82, 2.24) is 15.8 Å². The Kier molecular flexibility index (Phi) is 6.35. The Morgan fingerprint density at radius 2 is 1.87 bits per heavy atom. The van der Waals surface area contributed by atoms with Crippen LogP contribution in [0.1, 0.15) is 54.1 Å². The first-order valence-corrected chi connectivity index (χ1v) is 8.15. The second-order valence-electron chi connectivity index (χ2n) is 5.74. The number of nitrogens with one attached hydrogen (secondary N) is 2. The van der Waals surface area contributed by atoms with Gasteiger partial charge in [-0.3, -0.25) is 4.79 Å². The second kappa shape index (κ2) is 8.48. The summed E-state index contributed by atoms with van der Waals surface area (Å²) in [6.07, 6.45) is 2.13. The van der Waals surface area contributed by atoms with Gasteiger partial charge >= 0.3 is 0 Å². The third-order valence-corrected chi connectivity index (χ3v) is 3.92. The molecule has 0 unspecified atom stereocenters. The molecule has 1 aromatic heterocycles. The van der Waals surface area contributed by atoms with Crippen LogP contribution in [0.15, 0.2) is 34.9 Å². The standard InChI is InChI=1S/C18H25N3O2/c1-4-15(5-2)19-12-16-10-17(21-23-16)18(22)20-11-14-8-6-13(3)7-9-14/h6-10,15,19H,4-5,11-12H2,1-3H3,(H,20,22). The number of carbonyl (C=O) groups excluding carboxylic acids is 1. The van der Waals surface area contributed by atoms with Gasteiger partial charge in [0.2, 0.25) is 0 Å². The van der Waals surface area contributed by atoms with E-state index in [0.717, 1.165) is 18.4 Å². The van der Waals surface area contributed by atoms with Crippen molar-refractivity contribution in [3.8, 4) is 0 Å². The molecule has 0 bridgehead atoms. The van der Waals surface area contributed by atoms with Crippen LogP contribution in [0.3, 0.4) is 0 Å². The molecule has 1 aromatic carbocycles. The monoisotopic (exact) mass is 315 g/mol. The van der Waals surface area contributed by atoms with Crippen LogP contribution in [0.2, 0.25) is 0 Å². The summed E-state index contributed by atoms with van der Waals surface area (Å²) < 4.78 is 5.22. The van der Waals surface area contributed by atoms with E-state index in [-0.39, 0.29) is 5.91 Å². The van der Waals surface area contributed by atoms with E-state index in [2.05, 4.69) is 29.6 Å². The van der Waals surface area contributed by atoms with E-state index in [1.807, 2.05) is 31.2 Å². The van der Waals surface area contributed by atoms with Crippen LogP contribution in [-0.2, 0) is 13.1 Å². The maximum absolute atomic E-state index is 12.1. The molecule has 0 radical (unpaired) electrons. The highest BCUT2D eigenvalue weighted by Crippen LogP contribution is 2.07. The van der Waals surface area contributed by atoms with Gasteiger partial charge in [0, 0.05) is 18.7 Å². The topological polar surface area (TPSA) is 67.2 Å². The lowest BCUT2D eigenvalue weighted by atomic mass is 10.1. The van der Waals surface area contributed by atoms with Gasteiger partial charge in [-0.25, -0.2) is 0 Å². The van der Waals surface area contributed by atoms with Crippen molar-refractivity contribution >= 4 is 5.91 Å². The highest BCUT2D eigenvalue weighted by atomic mass is 16.5. The third-order valence-electron chi connectivity index (χ3n) is 3.92. The molecule has 0 fully saturated rings. The van der Waals surface area contributed by atoms with E-state index in [1.54, 1.807) is 6.07 Å². The van der Waals surface area contributed by atoms with Crippen molar-refractivity contribution in [3.05, 3.63) is 52.9 Å². The normalized spacial score (nSPS) is 11.0. The van der Waals surface area contributed by atoms with Crippen LogP contribution in [0.25, 0.3) is 0 Å². The van der Waals surface area contributed by atoms with Gasteiger partial charge in [-0.15, -0.1) is 0 Å². The Labute approximate surface area is 137 Å². The lowest BCUT2D eigenvalue weighted by Crippen LogP contribution is -2.26. The molecule has 0 saturated heterocycles. The predicted molar refractivity (Wildman–Crippen MR) is 90.1 cm³/mol. The maximum Gasteiger partial charge on any atom is 0.273 e. The highest BCUT2D eigenvalue weighted by molar-refractivity contribution is 5.92. The van der Waals surface area contributed by atoms with Crippen LogP contribution < -0.4 is 10.6 Å². The minimum Gasteiger partial charge on any atom is -0.359 e. The molecule has 0 aliphatic heterocycles. The van der Waals surface area contributed by atoms with Gasteiger partial charge in [0.25, 0.3) is 5.91 Å². The van der Waals surface area contributed by atoms with Gasteiger partial charge in [-0.2, -0.15) is 0 Å². The summed E-state index contributed by atoms with van der Waals surface area (Å²) in [5, 5.41) is 10.1. The minimum absolute atomic E-state index is 0.219. The van der Waals surface area contributed by atoms with Crippen LogP contribution in [0, 0.1) is 6.92 Å². The molecule has 1 amide bonds. The average molecular weight is 315 g/mol. The fourth-order valence-corrected chi connectivity index (χ4v) is 2.30. The maximum atomic E-state index is 12.1. The van der Waals surface area contributed by atoms with Gasteiger partial charge < -0.3 is 15.2 Å². The number of benzene rings is 1. The second-order valence-corrected chi connectivity index (χ2v) is 5.74. The Balaban J connectivity index is 1.84. The molecule has 0 saturated carbocycles. The SMILES string of the molecule is CCC(CC)NCc1cc(C(=O)NCc2ccc(C)cc2)no1. The number of carbonyl (C=O) groups is 1. The number of aromatic nitrogens is 1. The fourth-order valence-electron chi connectivity index (χ4n) is 2.30. The molecule has 23 heavy (non-hydrogen) atoms. The Bertz CT molecular complexity index is 615. The first-order valence-electron chi connectivity index (χ1n) is 8.15. The summed E-state index contributed by atoms with van der Waals surface area (Å²) in [4.78, 5) is 12.1. The van der Waals surface area contributed by atoms with Crippen LogP contribution in [0.4, 0.5) is 0 Å². The molecule has 2 N–H and O–H groups in total. The summed E-state index contributed by atoms with van der Waals surface area (Å²) in [6.45, 7) is 7.39. The zero-order valence-electron chi connectivity index (χ0n) is 14.1. The first kappa shape index (κ1) is 17.2. The van der Waals surface area contributed by atoms with Gasteiger partial charge in [0.05, 0.1) is 6.54 Å². The molecule has 0 atom stereocenters. The molecule has 5 heteroatoms. The molecule has 0 aliphatic rings. The van der Waals surface area contributed by atoms with Gasteiger partial charge in [-0.05, 0) is 25.3 Å². The van der Waals surface area contributed by atoms with Gasteiger partial charge in [-0.1, -0.05) is 48.8 Å². The molecular weight excluding hydrogens is 290 g/mol. The summed E-state index contributed by atoms with van der Waals surface area (Å²) in [5.41, 5.74) is 2.58. The molecule has 124 valence electrons. The molecule has 0 aliphatic carbocycles. The molecule has 2 aromatic rings. The largest absolute Gasteiger partial charge is 0.359 e. The van der Waals surface area contributed by atoms with Crippen LogP contribution in [0.5, 0.6) is 0 Å². The number of hydrogen-bond donors (Lipinski definition) is 2. The molecule has 0 spiro atoms. The molecule has 5 nitrogen and oxygen atoms in total. The Hall–Kier alpha value is -2.14. The Morgan fingerprint density at radius 3 is 2.52 bits per heavy atom. The molecule has 2 rings (SSSR count). The summed E-state index contributed by atoms with van der Waals surface area (Å²) >= 11 is 0. The summed E-state index contributed by atoms with van der Waals surface area (Å²) in [7, 11) is 0. The number of rotatable bonds is 8.